The Morgan fingerprint density at radius 2 is 2.17 bits per heavy atom. The maximum Gasteiger partial charge on any atom is 0.351 e. The Hall–Kier alpha value is -3.45. The number of hydrogen-bond acceptors (Lipinski definition) is 8. The number of nitrogens with one attached hydrogen (secondary N) is 2. The number of hydrogen-bond donors (Lipinski definition) is 6. The van der Waals surface area contributed by atoms with Gasteiger partial charge >= 0.3 is 11.7 Å². The molecule has 1 aromatic rings. The molecule has 9 N–H and O–H groups in total. The fraction of sp³-hybridized carbons (Fsp3) is 0.471. The van der Waals surface area contributed by atoms with Gasteiger partial charge in [-0.3, -0.25) is 14.8 Å². The summed E-state index contributed by atoms with van der Waals surface area (Å²) in [5.74, 6) is -1.84. The number of guanidine groups is 1. The van der Waals surface area contributed by atoms with Crippen molar-refractivity contribution in [3.05, 3.63) is 34.9 Å². The van der Waals surface area contributed by atoms with Crippen molar-refractivity contribution < 1.29 is 19.4 Å². The van der Waals surface area contributed by atoms with Crippen LogP contribution in [-0.2, 0) is 14.3 Å². The molecule has 0 aliphatic carbocycles. The van der Waals surface area contributed by atoms with Crippen LogP contribution in [0.25, 0.3) is 0 Å². The van der Waals surface area contributed by atoms with Crippen LogP contribution in [0.1, 0.15) is 19.1 Å². The van der Waals surface area contributed by atoms with Crippen LogP contribution in [0.15, 0.2) is 29.2 Å². The van der Waals surface area contributed by atoms with Gasteiger partial charge < -0.3 is 37.3 Å². The molecule has 0 bridgehead atoms. The monoisotopic (exact) mass is 422 g/mol. The van der Waals surface area contributed by atoms with Crippen LogP contribution in [0.2, 0.25) is 0 Å². The molecule has 0 saturated heterocycles. The lowest BCUT2D eigenvalue weighted by atomic mass is 10.1. The summed E-state index contributed by atoms with van der Waals surface area (Å²) < 4.78 is 6.57. The number of carboxylic acids is 1. The Labute approximate surface area is 172 Å². The third-order valence-corrected chi connectivity index (χ3v) is 4.49. The zero-order valence-corrected chi connectivity index (χ0v) is 16.4. The minimum Gasteiger partial charge on any atom is -0.479 e. The summed E-state index contributed by atoms with van der Waals surface area (Å²) in [6.45, 7) is 0.403. The number of amides is 1. The van der Waals surface area contributed by atoms with E-state index in [1.54, 1.807) is 7.05 Å². The van der Waals surface area contributed by atoms with Gasteiger partial charge in [-0.2, -0.15) is 4.98 Å². The molecule has 1 aliphatic heterocycles. The van der Waals surface area contributed by atoms with E-state index in [-0.39, 0.29) is 18.2 Å². The zero-order chi connectivity index (χ0) is 22.4. The molecule has 2 rings (SSSR count). The predicted molar refractivity (Wildman–Crippen MR) is 107 cm³/mol. The number of carbonyl (C=O) groups is 2. The Kier molecular flexibility index (Phi) is 7.49. The van der Waals surface area contributed by atoms with Gasteiger partial charge in [0.25, 0.3) is 0 Å². The van der Waals surface area contributed by atoms with Gasteiger partial charge in [0.15, 0.2) is 18.3 Å². The summed E-state index contributed by atoms with van der Waals surface area (Å²) in [5.41, 5.74) is 16.0. The summed E-state index contributed by atoms with van der Waals surface area (Å²) in [7, 11) is 1.63. The molecule has 13 nitrogen and oxygen atoms in total. The Balaban J connectivity index is 2.01. The number of ether oxygens (including phenoxy) is 1. The van der Waals surface area contributed by atoms with Gasteiger partial charge in [0.05, 0.1) is 6.04 Å². The average Bonchev–Trinajstić information content (AvgIpc) is 2.66. The van der Waals surface area contributed by atoms with E-state index in [2.05, 4.69) is 10.3 Å². The molecule has 1 aliphatic rings. The average molecular weight is 422 g/mol. The highest BCUT2D eigenvalue weighted by molar-refractivity contribution is 5.80. The molecule has 0 saturated carbocycles. The summed E-state index contributed by atoms with van der Waals surface area (Å²) in [5, 5.41) is 19.4. The standard InChI is InChI=1S/C17H26N8O5/c1-24(16(20)21)6-4-9(18)8-12(26)22-10-2-3-13(30-14(10)15(27)28)25-7-5-11(19)23-17(25)29/h2-3,5,7,9-10,13-14H,4,6,8,18H2,1H3,(H3,20,21)(H,22,26)(H,27,28)(H2,19,23,29)/t9-,10-,13+,14?/m0/s1. The quantitative estimate of drug-likeness (QED) is 0.151. The topological polar surface area (TPSA) is 216 Å². The molecule has 0 aromatic carbocycles. The van der Waals surface area contributed by atoms with E-state index in [4.69, 9.17) is 27.3 Å². The third kappa shape index (κ3) is 6.02. The van der Waals surface area contributed by atoms with Crippen LogP contribution < -0.4 is 28.2 Å². The second-order valence-corrected chi connectivity index (χ2v) is 6.87. The first kappa shape index (κ1) is 22.8. The van der Waals surface area contributed by atoms with Gasteiger partial charge in [-0.1, -0.05) is 6.08 Å². The minimum atomic E-state index is -1.42. The number of nitrogens with two attached hydrogens (primary N) is 3. The van der Waals surface area contributed by atoms with E-state index in [0.717, 1.165) is 4.57 Å². The van der Waals surface area contributed by atoms with Crippen molar-refractivity contribution in [1.82, 2.24) is 19.8 Å². The summed E-state index contributed by atoms with van der Waals surface area (Å²) in [6, 6.07) is -0.0702. The van der Waals surface area contributed by atoms with Crippen molar-refractivity contribution in [3.8, 4) is 0 Å². The van der Waals surface area contributed by atoms with Gasteiger partial charge in [-0.05, 0) is 18.6 Å². The van der Waals surface area contributed by atoms with Gasteiger partial charge in [0, 0.05) is 32.3 Å². The van der Waals surface area contributed by atoms with Crippen LogP contribution in [0.3, 0.4) is 0 Å². The molecule has 1 aromatic heterocycles. The molecular formula is C17H26N8O5. The van der Waals surface area contributed by atoms with Gasteiger partial charge in [-0.15, -0.1) is 0 Å². The molecule has 0 radical (unpaired) electrons. The summed E-state index contributed by atoms with van der Waals surface area (Å²) in [4.78, 5) is 40.9. The largest absolute Gasteiger partial charge is 0.479 e. The van der Waals surface area contributed by atoms with Gasteiger partial charge in [-0.25, -0.2) is 9.59 Å². The molecule has 4 atom stereocenters. The Morgan fingerprint density at radius 3 is 2.77 bits per heavy atom. The van der Waals surface area contributed by atoms with Crippen LogP contribution in [0.4, 0.5) is 5.82 Å². The number of carbonyl (C=O) groups excluding carboxylic acids is 1. The first-order valence-corrected chi connectivity index (χ1v) is 9.10. The first-order valence-electron chi connectivity index (χ1n) is 9.10. The molecular weight excluding hydrogens is 396 g/mol. The fourth-order valence-corrected chi connectivity index (χ4v) is 2.77. The smallest absolute Gasteiger partial charge is 0.351 e. The van der Waals surface area contributed by atoms with Crippen LogP contribution in [0, 0.1) is 5.41 Å². The van der Waals surface area contributed by atoms with E-state index < -0.39 is 42.0 Å². The van der Waals surface area contributed by atoms with Crippen molar-refractivity contribution in [2.45, 2.75) is 37.3 Å². The molecule has 2 heterocycles. The van der Waals surface area contributed by atoms with Crippen molar-refractivity contribution in [1.29, 1.82) is 5.41 Å². The number of carboxylic acid groups (broad SMARTS) is 1. The highest BCUT2D eigenvalue weighted by atomic mass is 16.5. The maximum absolute atomic E-state index is 12.3. The number of aromatic nitrogens is 2. The third-order valence-electron chi connectivity index (χ3n) is 4.49. The number of nitrogens with zero attached hydrogens (tertiary/aromatic N) is 3. The van der Waals surface area contributed by atoms with E-state index in [1.165, 1.54) is 29.3 Å². The molecule has 1 amide bonds. The van der Waals surface area contributed by atoms with Crippen molar-refractivity contribution in [3.63, 3.8) is 0 Å². The summed E-state index contributed by atoms with van der Waals surface area (Å²) in [6.07, 6.45) is 2.17. The van der Waals surface area contributed by atoms with E-state index >= 15 is 0 Å². The Morgan fingerprint density at radius 1 is 1.47 bits per heavy atom. The van der Waals surface area contributed by atoms with Crippen molar-refractivity contribution >= 4 is 23.7 Å². The fourth-order valence-electron chi connectivity index (χ4n) is 2.77. The number of nitrogen functional groups attached to an aromatic ring is 1. The highest BCUT2D eigenvalue weighted by Crippen LogP contribution is 2.20. The SMILES string of the molecule is CN(CC[C@H](N)CC(=O)N[C@H]1C=C[C@H](n2ccc(N)nc2=O)OC1C(=O)O)C(=N)N. The van der Waals surface area contributed by atoms with E-state index in [1.807, 2.05) is 0 Å². The van der Waals surface area contributed by atoms with Crippen LogP contribution >= 0.6 is 0 Å². The molecule has 1 unspecified atom stereocenters. The number of rotatable bonds is 8. The van der Waals surface area contributed by atoms with E-state index in [9.17, 15) is 19.5 Å². The highest BCUT2D eigenvalue weighted by Gasteiger charge is 2.35. The van der Waals surface area contributed by atoms with Crippen LogP contribution in [0.5, 0.6) is 0 Å². The predicted octanol–water partition coefficient (Wildman–Crippen LogP) is -2.22. The van der Waals surface area contributed by atoms with Gasteiger partial charge in [0.2, 0.25) is 5.91 Å². The number of aliphatic carboxylic acids is 1. The zero-order valence-electron chi connectivity index (χ0n) is 16.4. The second-order valence-electron chi connectivity index (χ2n) is 6.87. The van der Waals surface area contributed by atoms with E-state index in [0.29, 0.717) is 13.0 Å². The minimum absolute atomic E-state index is 0.0294. The Bertz CT molecular complexity index is 885. The second kappa shape index (κ2) is 9.84. The lowest BCUT2D eigenvalue weighted by Crippen LogP contribution is -2.51. The molecule has 30 heavy (non-hydrogen) atoms. The van der Waals surface area contributed by atoms with Crippen molar-refractivity contribution in [2.24, 2.45) is 11.5 Å². The lowest BCUT2D eigenvalue weighted by molar-refractivity contribution is -0.159. The summed E-state index contributed by atoms with van der Waals surface area (Å²) >= 11 is 0. The van der Waals surface area contributed by atoms with Crippen molar-refractivity contribution in [2.75, 3.05) is 19.3 Å². The molecule has 13 heteroatoms. The maximum atomic E-state index is 12.3. The normalized spacial score (nSPS) is 21.6. The number of anilines is 1. The molecule has 164 valence electrons. The van der Waals surface area contributed by atoms with Gasteiger partial charge in [0.1, 0.15) is 5.82 Å². The molecule has 0 spiro atoms. The lowest BCUT2D eigenvalue weighted by Gasteiger charge is -2.31. The first-order chi connectivity index (χ1) is 14.1. The van der Waals surface area contributed by atoms with Crippen LogP contribution in [-0.4, -0.2) is 69.2 Å². The molecule has 0 fully saturated rings.